The number of likely N-dealkylation sites (tertiary alicyclic amines) is 1. The Morgan fingerprint density at radius 2 is 2.00 bits per heavy atom. The van der Waals surface area contributed by atoms with Crippen LogP contribution in [0.3, 0.4) is 0 Å². The van der Waals surface area contributed by atoms with Gasteiger partial charge in [-0.05, 0) is 31.0 Å². The molecule has 2 aromatic rings. The van der Waals surface area contributed by atoms with Crippen molar-refractivity contribution in [3.8, 4) is 11.5 Å². The predicted octanol–water partition coefficient (Wildman–Crippen LogP) is 1.22. The van der Waals surface area contributed by atoms with Gasteiger partial charge < -0.3 is 19.5 Å². The third-order valence-corrected chi connectivity index (χ3v) is 4.58. The van der Waals surface area contributed by atoms with Crippen LogP contribution in [0.4, 0.5) is 0 Å². The van der Waals surface area contributed by atoms with Gasteiger partial charge in [-0.2, -0.15) is 0 Å². The van der Waals surface area contributed by atoms with Crippen molar-refractivity contribution in [2.24, 2.45) is 0 Å². The topological polar surface area (TPSA) is 107 Å². The van der Waals surface area contributed by atoms with Crippen LogP contribution in [0, 0.1) is 0 Å². The number of piperidine rings is 1. The van der Waals surface area contributed by atoms with Gasteiger partial charge in [0.2, 0.25) is 0 Å². The van der Waals surface area contributed by atoms with E-state index in [1.165, 1.54) is 10.9 Å². The van der Waals surface area contributed by atoms with Gasteiger partial charge in [-0.3, -0.25) is 4.79 Å². The van der Waals surface area contributed by atoms with Gasteiger partial charge in [0.1, 0.15) is 13.2 Å². The summed E-state index contributed by atoms with van der Waals surface area (Å²) < 4.78 is 12.6. The lowest BCUT2D eigenvalue weighted by molar-refractivity contribution is 0.0665. The first kappa shape index (κ1) is 16.4. The molecule has 9 heteroatoms. The SMILES string of the molecule is O=C(O)c1cn(C2CCCN(C(=O)c3ccc4c(c3)OCCO4)C2)nn1. The summed E-state index contributed by atoms with van der Waals surface area (Å²) in [5.74, 6) is 0.0210. The van der Waals surface area contributed by atoms with E-state index in [0.29, 0.717) is 43.4 Å². The van der Waals surface area contributed by atoms with E-state index in [1.807, 2.05) is 0 Å². The zero-order chi connectivity index (χ0) is 18.1. The number of carboxylic acids is 1. The number of ether oxygens (including phenoxy) is 2. The molecule has 1 N–H and O–H groups in total. The molecule has 9 nitrogen and oxygen atoms in total. The quantitative estimate of drug-likeness (QED) is 0.879. The van der Waals surface area contributed by atoms with E-state index < -0.39 is 5.97 Å². The van der Waals surface area contributed by atoms with Crippen LogP contribution in [0.5, 0.6) is 11.5 Å². The number of amides is 1. The van der Waals surface area contributed by atoms with Crippen molar-refractivity contribution in [3.63, 3.8) is 0 Å². The second-order valence-electron chi connectivity index (χ2n) is 6.29. The zero-order valence-electron chi connectivity index (χ0n) is 14.0. The summed E-state index contributed by atoms with van der Waals surface area (Å²) >= 11 is 0. The van der Waals surface area contributed by atoms with E-state index in [2.05, 4.69) is 10.3 Å². The largest absolute Gasteiger partial charge is 0.486 e. The molecule has 1 fully saturated rings. The first-order valence-electron chi connectivity index (χ1n) is 8.46. The Hall–Kier alpha value is -3.10. The highest BCUT2D eigenvalue weighted by molar-refractivity contribution is 5.95. The number of carbonyl (C=O) groups excluding carboxylic acids is 1. The number of nitrogens with zero attached hydrogens (tertiary/aromatic N) is 4. The van der Waals surface area contributed by atoms with Gasteiger partial charge >= 0.3 is 5.97 Å². The first-order chi connectivity index (χ1) is 12.6. The minimum atomic E-state index is -1.11. The molecule has 3 heterocycles. The van der Waals surface area contributed by atoms with Crippen LogP contribution in [0.2, 0.25) is 0 Å². The van der Waals surface area contributed by atoms with Crippen LogP contribution in [0.25, 0.3) is 0 Å². The summed E-state index contributed by atoms with van der Waals surface area (Å²) in [7, 11) is 0. The first-order valence-corrected chi connectivity index (χ1v) is 8.46. The molecule has 1 aromatic heterocycles. The monoisotopic (exact) mass is 358 g/mol. The molecule has 1 saturated heterocycles. The molecule has 1 amide bonds. The van der Waals surface area contributed by atoms with Gasteiger partial charge in [0.05, 0.1) is 12.2 Å². The molecule has 1 aromatic carbocycles. The average molecular weight is 358 g/mol. The molecule has 0 saturated carbocycles. The summed E-state index contributed by atoms with van der Waals surface area (Å²) in [5, 5.41) is 16.5. The molecule has 1 atom stereocenters. The van der Waals surface area contributed by atoms with Crippen molar-refractivity contribution in [2.45, 2.75) is 18.9 Å². The molecule has 136 valence electrons. The molecule has 0 radical (unpaired) electrons. The van der Waals surface area contributed by atoms with Crippen LogP contribution >= 0.6 is 0 Å². The Labute approximate surface area is 149 Å². The summed E-state index contributed by atoms with van der Waals surface area (Å²) in [4.78, 5) is 25.6. The average Bonchev–Trinajstić information content (AvgIpc) is 3.18. The van der Waals surface area contributed by atoms with Gasteiger partial charge in [0.15, 0.2) is 17.2 Å². The number of rotatable bonds is 3. The summed E-state index contributed by atoms with van der Waals surface area (Å²) in [6.45, 7) is 2.07. The number of carboxylic acid groups (broad SMARTS) is 1. The van der Waals surface area contributed by atoms with Crippen LogP contribution in [-0.4, -0.2) is 63.2 Å². The van der Waals surface area contributed by atoms with Crippen LogP contribution in [-0.2, 0) is 0 Å². The lowest BCUT2D eigenvalue weighted by atomic mass is 10.0. The Balaban J connectivity index is 1.50. The molecule has 0 spiro atoms. The summed E-state index contributed by atoms with van der Waals surface area (Å²) in [5.41, 5.74) is 0.444. The number of hydrogen-bond donors (Lipinski definition) is 1. The molecule has 2 aliphatic heterocycles. The maximum Gasteiger partial charge on any atom is 0.358 e. The highest BCUT2D eigenvalue weighted by Gasteiger charge is 2.27. The Bertz CT molecular complexity index is 849. The van der Waals surface area contributed by atoms with Crippen molar-refractivity contribution in [1.82, 2.24) is 19.9 Å². The highest BCUT2D eigenvalue weighted by atomic mass is 16.6. The normalized spacial score (nSPS) is 19.2. The second-order valence-corrected chi connectivity index (χ2v) is 6.29. The number of aromatic carboxylic acids is 1. The van der Waals surface area contributed by atoms with Crippen LogP contribution in [0.1, 0.15) is 39.7 Å². The maximum atomic E-state index is 12.9. The predicted molar refractivity (Wildman–Crippen MR) is 88.6 cm³/mol. The third kappa shape index (κ3) is 3.07. The zero-order valence-corrected chi connectivity index (χ0v) is 14.0. The van der Waals surface area contributed by atoms with Crippen molar-refractivity contribution < 1.29 is 24.2 Å². The molecule has 0 aliphatic carbocycles. The number of hydrogen-bond acceptors (Lipinski definition) is 6. The number of fused-ring (bicyclic) bond motifs is 1. The third-order valence-electron chi connectivity index (χ3n) is 4.58. The highest BCUT2D eigenvalue weighted by Crippen LogP contribution is 2.31. The van der Waals surface area contributed by atoms with Gasteiger partial charge in [0.25, 0.3) is 5.91 Å². The minimum Gasteiger partial charge on any atom is -0.486 e. The van der Waals surface area contributed by atoms with Crippen molar-refractivity contribution in [2.75, 3.05) is 26.3 Å². The number of aromatic nitrogens is 3. The lowest BCUT2D eigenvalue weighted by Gasteiger charge is -2.32. The smallest absolute Gasteiger partial charge is 0.358 e. The van der Waals surface area contributed by atoms with Gasteiger partial charge in [-0.1, -0.05) is 5.21 Å². The van der Waals surface area contributed by atoms with Crippen LogP contribution < -0.4 is 9.47 Å². The Kier molecular flexibility index (Phi) is 4.19. The molecule has 4 rings (SSSR count). The second kappa shape index (κ2) is 6.66. The molecule has 2 aliphatic rings. The molecular formula is C17H18N4O5. The van der Waals surface area contributed by atoms with E-state index in [1.54, 1.807) is 23.1 Å². The van der Waals surface area contributed by atoms with E-state index in [9.17, 15) is 9.59 Å². The fraction of sp³-hybridized carbons (Fsp3) is 0.412. The molecule has 0 bridgehead atoms. The fourth-order valence-electron chi connectivity index (χ4n) is 3.27. The fourth-order valence-corrected chi connectivity index (χ4v) is 3.27. The molecule has 26 heavy (non-hydrogen) atoms. The Morgan fingerprint density at radius 1 is 1.19 bits per heavy atom. The maximum absolute atomic E-state index is 12.9. The Morgan fingerprint density at radius 3 is 2.77 bits per heavy atom. The van der Waals surface area contributed by atoms with E-state index >= 15 is 0 Å². The van der Waals surface area contributed by atoms with Crippen molar-refractivity contribution >= 4 is 11.9 Å². The van der Waals surface area contributed by atoms with Crippen molar-refractivity contribution in [3.05, 3.63) is 35.7 Å². The van der Waals surface area contributed by atoms with Gasteiger partial charge in [-0.25, -0.2) is 9.48 Å². The summed E-state index contributed by atoms with van der Waals surface area (Å²) in [6, 6.07) is 5.10. The standard InChI is InChI=1S/C17H18N4O5/c22-16(11-3-4-14-15(8-11)26-7-6-25-14)20-5-1-2-12(9-20)21-10-13(17(23)24)18-19-21/h3-4,8,10,12H,1-2,5-7,9H2,(H,23,24). The number of carbonyl (C=O) groups is 2. The van der Waals surface area contributed by atoms with Gasteiger partial charge in [0, 0.05) is 18.7 Å². The van der Waals surface area contributed by atoms with E-state index in [4.69, 9.17) is 14.6 Å². The van der Waals surface area contributed by atoms with Crippen molar-refractivity contribution in [1.29, 1.82) is 0 Å². The van der Waals surface area contributed by atoms with E-state index in [0.717, 1.165) is 12.8 Å². The molecule has 1 unspecified atom stereocenters. The van der Waals surface area contributed by atoms with Crippen LogP contribution in [0.15, 0.2) is 24.4 Å². The minimum absolute atomic E-state index is 0.0921. The molecular weight excluding hydrogens is 340 g/mol. The number of benzene rings is 1. The van der Waals surface area contributed by atoms with Gasteiger partial charge in [-0.15, -0.1) is 5.10 Å². The lowest BCUT2D eigenvalue weighted by Crippen LogP contribution is -2.40. The van der Waals surface area contributed by atoms with E-state index in [-0.39, 0.29) is 17.6 Å². The summed E-state index contributed by atoms with van der Waals surface area (Å²) in [6.07, 6.45) is 3.03.